The van der Waals surface area contributed by atoms with E-state index in [0.29, 0.717) is 6.42 Å². The monoisotopic (exact) mass is 144 g/mol. The first-order chi connectivity index (χ1) is 4.61. The fourth-order valence-corrected chi connectivity index (χ4v) is 1.18. The Bertz CT molecular complexity index is 144. The Morgan fingerprint density at radius 1 is 1.50 bits per heavy atom. The van der Waals surface area contributed by atoms with Crippen molar-refractivity contribution in [3.63, 3.8) is 0 Å². The lowest BCUT2D eigenvalue weighted by molar-refractivity contribution is -0.135. The van der Waals surface area contributed by atoms with Crippen LogP contribution in [-0.2, 0) is 4.79 Å². The molecule has 0 aromatic rings. The lowest BCUT2D eigenvalue weighted by atomic mass is 9.85. The number of aliphatic hydroxyl groups is 2. The molecule has 0 heterocycles. The second kappa shape index (κ2) is 2.68. The minimum absolute atomic E-state index is 0.0488. The van der Waals surface area contributed by atoms with Crippen molar-refractivity contribution in [3.8, 4) is 0 Å². The van der Waals surface area contributed by atoms with E-state index in [1.165, 1.54) is 0 Å². The summed E-state index contributed by atoms with van der Waals surface area (Å²) in [6, 6.07) is 0. The molecule has 3 heteroatoms. The zero-order chi connectivity index (χ0) is 7.72. The second-order valence-corrected chi connectivity index (χ2v) is 2.97. The SMILES string of the molecule is CC1CC(O)C(=O)CC1O. The summed E-state index contributed by atoms with van der Waals surface area (Å²) < 4.78 is 0. The van der Waals surface area contributed by atoms with Gasteiger partial charge in [-0.2, -0.15) is 0 Å². The summed E-state index contributed by atoms with van der Waals surface area (Å²) in [5, 5.41) is 18.1. The van der Waals surface area contributed by atoms with Crippen molar-refractivity contribution in [1.29, 1.82) is 0 Å². The summed E-state index contributed by atoms with van der Waals surface area (Å²) in [5.41, 5.74) is 0. The van der Waals surface area contributed by atoms with Crippen LogP contribution >= 0.6 is 0 Å². The lowest BCUT2D eigenvalue weighted by Gasteiger charge is -2.26. The Balaban J connectivity index is 2.54. The number of carbonyl (C=O) groups is 1. The Hall–Kier alpha value is -0.410. The minimum atomic E-state index is -0.835. The number of rotatable bonds is 0. The third kappa shape index (κ3) is 1.36. The van der Waals surface area contributed by atoms with Gasteiger partial charge in [0, 0.05) is 6.42 Å². The van der Waals surface area contributed by atoms with Crippen LogP contribution in [0.2, 0.25) is 0 Å². The lowest BCUT2D eigenvalue weighted by Crippen LogP contribution is -2.37. The van der Waals surface area contributed by atoms with E-state index in [9.17, 15) is 4.79 Å². The minimum Gasteiger partial charge on any atom is -0.392 e. The molecular formula is C7H12O3. The van der Waals surface area contributed by atoms with Crippen LogP contribution < -0.4 is 0 Å². The van der Waals surface area contributed by atoms with Crippen molar-refractivity contribution in [2.75, 3.05) is 0 Å². The van der Waals surface area contributed by atoms with E-state index in [2.05, 4.69) is 0 Å². The number of hydrogen-bond acceptors (Lipinski definition) is 3. The van der Waals surface area contributed by atoms with Gasteiger partial charge in [0.25, 0.3) is 0 Å². The zero-order valence-electron chi connectivity index (χ0n) is 5.95. The van der Waals surface area contributed by atoms with Crippen LogP contribution in [0.3, 0.4) is 0 Å². The predicted octanol–water partition coefficient (Wildman–Crippen LogP) is -0.293. The van der Waals surface area contributed by atoms with Crippen LogP contribution in [0.15, 0.2) is 0 Å². The molecule has 0 amide bonds. The van der Waals surface area contributed by atoms with Crippen molar-refractivity contribution < 1.29 is 15.0 Å². The molecule has 1 aliphatic rings. The van der Waals surface area contributed by atoms with Gasteiger partial charge in [-0.05, 0) is 12.3 Å². The number of ketones is 1. The van der Waals surface area contributed by atoms with Gasteiger partial charge in [0.2, 0.25) is 0 Å². The number of hydrogen-bond donors (Lipinski definition) is 2. The van der Waals surface area contributed by atoms with Crippen LogP contribution in [-0.4, -0.2) is 28.2 Å². The standard InChI is InChI=1S/C7H12O3/c1-4-2-6(9)7(10)3-5(4)8/h4-6,8-9H,2-3H2,1H3. The fourth-order valence-electron chi connectivity index (χ4n) is 1.18. The Kier molecular flexibility index (Phi) is 2.06. The van der Waals surface area contributed by atoms with Gasteiger partial charge in [0.1, 0.15) is 6.10 Å². The summed E-state index contributed by atoms with van der Waals surface area (Å²) in [6.07, 6.45) is -0.864. The molecule has 1 rings (SSSR count). The van der Waals surface area contributed by atoms with E-state index in [-0.39, 0.29) is 18.1 Å². The molecule has 0 spiro atoms. The summed E-state index contributed by atoms with van der Waals surface area (Å²) >= 11 is 0. The molecule has 0 aromatic heterocycles. The number of aliphatic hydroxyl groups excluding tert-OH is 2. The first-order valence-electron chi connectivity index (χ1n) is 3.50. The van der Waals surface area contributed by atoms with Gasteiger partial charge >= 0.3 is 0 Å². The third-order valence-corrected chi connectivity index (χ3v) is 2.03. The van der Waals surface area contributed by atoms with Gasteiger partial charge in [0.15, 0.2) is 5.78 Å². The molecule has 10 heavy (non-hydrogen) atoms. The van der Waals surface area contributed by atoms with Crippen molar-refractivity contribution in [3.05, 3.63) is 0 Å². The largest absolute Gasteiger partial charge is 0.392 e. The van der Waals surface area contributed by atoms with E-state index in [1.807, 2.05) is 6.92 Å². The van der Waals surface area contributed by atoms with Crippen LogP contribution in [0.4, 0.5) is 0 Å². The quantitative estimate of drug-likeness (QED) is 0.491. The van der Waals surface area contributed by atoms with Crippen molar-refractivity contribution >= 4 is 5.78 Å². The van der Waals surface area contributed by atoms with Crippen LogP contribution in [0.1, 0.15) is 19.8 Å². The third-order valence-electron chi connectivity index (χ3n) is 2.03. The van der Waals surface area contributed by atoms with Crippen molar-refractivity contribution in [2.24, 2.45) is 5.92 Å². The molecule has 3 nitrogen and oxygen atoms in total. The number of Topliss-reactive ketones (excluding diaryl/α,β-unsaturated/α-hetero) is 1. The maximum Gasteiger partial charge on any atom is 0.163 e. The zero-order valence-corrected chi connectivity index (χ0v) is 5.95. The molecule has 0 saturated heterocycles. The molecule has 0 aromatic carbocycles. The summed E-state index contributed by atoms with van der Waals surface area (Å²) in [6.45, 7) is 1.83. The highest BCUT2D eigenvalue weighted by molar-refractivity contribution is 5.84. The molecule has 3 atom stereocenters. The fraction of sp³-hybridized carbons (Fsp3) is 0.857. The van der Waals surface area contributed by atoms with Gasteiger partial charge in [0.05, 0.1) is 6.10 Å². The number of carbonyl (C=O) groups excluding carboxylic acids is 1. The maximum atomic E-state index is 10.7. The summed E-state index contributed by atoms with van der Waals surface area (Å²) in [7, 11) is 0. The molecule has 1 saturated carbocycles. The summed E-state index contributed by atoms with van der Waals surface area (Å²) in [4.78, 5) is 10.7. The smallest absolute Gasteiger partial charge is 0.163 e. The average Bonchev–Trinajstić information content (AvgIpc) is 1.84. The Morgan fingerprint density at radius 3 is 2.60 bits per heavy atom. The van der Waals surface area contributed by atoms with Gasteiger partial charge in [-0.15, -0.1) is 0 Å². The molecule has 0 bridgehead atoms. The van der Waals surface area contributed by atoms with Crippen molar-refractivity contribution in [1.82, 2.24) is 0 Å². The van der Waals surface area contributed by atoms with Crippen LogP contribution in [0, 0.1) is 5.92 Å². The van der Waals surface area contributed by atoms with E-state index in [4.69, 9.17) is 10.2 Å². The Morgan fingerprint density at radius 2 is 2.10 bits per heavy atom. The molecule has 58 valence electrons. The predicted molar refractivity (Wildman–Crippen MR) is 35.4 cm³/mol. The first-order valence-corrected chi connectivity index (χ1v) is 3.50. The topological polar surface area (TPSA) is 57.5 Å². The molecule has 0 radical (unpaired) electrons. The first kappa shape index (κ1) is 7.69. The highest BCUT2D eigenvalue weighted by Crippen LogP contribution is 2.21. The molecule has 2 N–H and O–H groups in total. The molecule has 0 aliphatic heterocycles. The molecular weight excluding hydrogens is 132 g/mol. The van der Waals surface area contributed by atoms with E-state index < -0.39 is 12.2 Å². The van der Waals surface area contributed by atoms with E-state index in [0.717, 1.165) is 0 Å². The van der Waals surface area contributed by atoms with Crippen molar-refractivity contribution in [2.45, 2.75) is 32.0 Å². The van der Waals surface area contributed by atoms with Gasteiger partial charge in [-0.1, -0.05) is 6.92 Å². The average molecular weight is 144 g/mol. The van der Waals surface area contributed by atoms with Crippen LogP contribution in [0.25, 0.3) is 0 Å². The maximum absolute atomic E-state index is 10.7. The summed E-state index contributed by atoms with van der Waals surface area (Å²) in [5.74, 6) is -0.182. The highest BCUT2D eigenvalue weighted by atomic mass is 16.3. The normalized spacial score (nSPS) is 41.9. The Labute approximate surface area is 59.7 Å². The van der Waals surface area contributed by atoms with Gasteiger partial charge in [-0.25, -0.2) is 0 Å². The second-order valence-electron chi connectivity index (χ2n) is 2.97. The van der Waals surface area contributed by atoms with Gasteiger partial charge < -0.3 is 10.2 Å². The molecule has 1 fully saturated rings. The highest BCUT2D eigenvalue weighted by Gasteiger charge is 2.30. The van der Waals surface area contributed by atoms with E-state index in [1.54, 1.807) is 0 Å². The van der Waals surface area contributed by atoms with E-state index >= 15 is 0 Å². The molecule has 3 unspecified atom stereocenters. The van der Waals surface area contributed by atoms with Crippen LogP contribution in [0.5, 0.6) is 0 Å². The molecule has 1 aliphatic carbocycles. The van der Waals surface area contributed by atoms with Gasteiger partial charge in [-0.3, -0.25) is 4.79 Å².